The molecule has 10 heteroatoms. The summed E-state index contributed by atoms with van der Waals surface area (Å²) in [6, 6.07) is 13.5. The molecular formula is C28H29ClN4O4S. The smallest absolute Gasteiger partial charge is 0.240 e. The van der Waals surface area contributed by atoms with E-state index in [-0.39, 0.29) is 47.6 Å². The van der Waals surface area contributed by atoms with E-state index in [1.807, 2.05) is 36.4 Å². The van der Waals surface area contributed by atoms with Crippen LogP contribution in [-0.2, 0) is 15.0 Å². The van der Waals surface area contributed by atoms with Crippen molar-refractivity contribution in [3.63, 3.8) is 0 Å². The fourth-order valence-electron chi connectivity index (χ4n) is 4.85. The van der Waals surface area contributed by atoms with Crippen molar-refractivity contribution in [2.75, 3.05) is 24.0 Å². The molecule has 2 amide bonds. The van der Waals surface area contributed by atoms with Crippen molar-refractivity contribution in [3.8, 4) is 17.2 Å². The largest absolute Gasteiger partial charge is 0.454 e. The minimum absolute atomic E-state index is 0.0868. The molecule has 2 aliphatic heterocycles. The summed E-state index contributed by atoms with van der Waals surface area (Å²) in [6.45, 7) is 6.40. The number of rotatable bonds is 5. The topological polar surface area (TPSA) is 85.7 Å². The van der Waals surface area contributed by atoms with Crippen molar-refractivity contribution in [2.45, 2.75) is 50.3 Å². The minimum atomic E-state index is -0.360. The second kappa shape index (κ2) is 9.54. The number of nitrogens with zero attached hydrogens (tertiary/aromatic N) is 3. The van der Waals surface area contributed by atoms with Gasteiger partial charge in [0.15, 0.2) is 11.5 Å². The fraction of sp³-hybridized carbons (Fsp3) is 0.393. The first-order chi connectivity index (χ1) is 18.2. The molecule has 1 saturated carbocycles. The van der Waals surface area contributed by atoms with Gasteiger partial charge in [0, 0.05) is 17.0 Å². The van der Waals surface area contributed by atoms with Gasteiger partial charge in [0.25, 0.3) is 0 Å². The monoisotopic (exact) mass is 552 g/mol. The Morgan fingerprint density at radius 3 is 2.66 bits per heavy atom. The van der Waals surface area contributed by atoms with Crippen LogP contribution < -0.4 is 19.7 Å². The molecule has 38 heavy (non-hydrogen) atoms. The predicted octanol–water partition coefficient (Wildman–Crippen LogP) is 5.00. The molecular weight excluding hydrogens is 524 g/mol. The molecule has 0 bridgehead atoms. The van der Waals surface area contributed by atoms with E-state index in [4.69, 9.17) is 26.2 Å². The number of anilines is 1. The second-order valence-corrected chi connectivity index (χ2v) is 12.3. The lowest BCUT2D eigenvalue weighted by molar-refractivity contribution is -0.123. The lowest BCUT2D eigenvalue weighted by Gasteiger charge is -2.24. The second-order valence-electron chi connectivity index (χ2n) is 10.8. The van der Waals surface area contributed by atoms with Gasteiger partial charge in [-0.05, 0) is 42.7 Å². The molecule has 0 spiro atoms. The lowest BCUT2D eigenvalue weighted by Crippen LogP contribution is -2.43. The van der Waals surface area contributed by atoms with Crippen LogP contribution in [0.5, 0.6) is 11.5 Å². The third kappa shape index (κ3) is 4.62. The highest BCUT2D eigenvalue weighted by Crippen LogP contribution is 2.50. The highest BCUT2D eigenvalue weighted by molar-refractivity contribution is 8.00. The van der Waals surface area contributed by atoms with Crippen LogP contribution in [0.3, 0.4) is 0 Å². The van der Waals surface area contributed by atoms with E-state index in [2.05, 4.69) is 26.1 Å². The lowest BCUT2D eigenvalue weighted by atomic mass is 9.87. The number of para-hydroxylation sites is 1. The van der Waals surface area contributed by atoms with Gasteiger partial charge in [-0.3, -0.25) is 14.5 Å². The van der Waals surface area contributed by atoms with E-state index in [1.165, 1.54) is 11.8 Å². The maximum atomic E-state index is 13.7. The number of amides is 2. The Bertz CT molecular complexity index is 1430. The average molecular weight is 553 g/mol. The van der Waals surface area contributed by atoms with Crippen molar-refractivity contribution < 1.29 is 19.1 Å². The molecule has 1 aromatic heterocycles. The molecule has 3 heterocycles. The van der Waals surface area contributed by atoms with Crippen LogP contribution in [0.25, 0.3) is 5.69 Å². The average Bonchev–Trinajstić information content (AvgIpc) is 3.44. The first-order valence-electron chi connectivity index (χ1n) is 12.7. The van der Waals surface area contributed by atoms with Crippen molar-refractivity contribution in [2.24, 2.45) is 0 Å². The van der Waals surface area contributed by atoms with Gasteiger partial charge in [0.2, 0.25) is 18.6 Å². The summed E-state index contributed by atoms with van der Waals surface area (Å²) in [5.41, 5.74) is 3.00. The molecule has 0 saturated heterocycles. The third-order valence-corrected chi connectivity index (χ3v) is 8.40. The van der Waals surface area contributed by atoms with Gasteiger partial charge in [-0.1, -0.05) is 50.6 Å². The summed E-state index contributed by atoms with van der Waals surface area (Å²) < 4.78 is 13.0. The summed E-state index contributed by atoms with van der Waals surface area (Å²) in [5.74, 6) is 1.83. The SMILES string of the molecule is CC(C)(C)c1nn(-c2ccccc2Cl)c2c1C(c1ccc3c(c1)OCO3)SCC(=O)N2CC(=O)NC1CC1. The number of aromatic nitrogens is 2. The third-order valence-electron chi connectivity index (χ3n) is 6.82. The predicted molar refractivity (Wildman–Crippen MR) is 148 cm³/mol. The zero-order valence-corrected chi connectivity index (χ0v) is 23.1. The number of hydrogen-bond donors (Lipinski definition) is 1. The van der Waals surface area contributed by atoms with E-state index in [1.54, 1.807) is 15.6 Å². The molecule has 1 aliphatic carbocycles. The molecule has 198 valence electrons. The van der Waals surface area contributed by atoms with Gasteiger partial charge in [0.1, 0.15) is 12.4 Å². The fourth-order valence-corrected chi connectivity index (χ4v) is 6.25. The highest BCUT2D eigenvalue weighted by atomic mass is 35.5. The molecule has 3 aliphatic rings. The zero-order chi connectivity index (χ0) is 26.6. The van der Waals surface area contributed by atoms with E-state index < -0.39 is 0 Å². The Kier molecular flexibility index (Phi) is 6.31. The molecule has 1 atom stereocenters. The van der Waals surface area contributed by atoms with Crippen LogP contribution in [0.1, 0.15) is 55.7 Å². The summed E-state index contributed by atoms with van der Waals surface area (Å²) in [7, 11) is 0. The van der Waals surface area contributed by atoms with Gasteiger partial charge in [0.05, 0.1) is 27.4 Å². The Hall–Kier alpha value is -3.17. The van der Waals surface area contributed by atoms with Crippen LogP contribution in [0.15, 0.2) is 42.5 Å². The summed E-state index contributed by atoms with van der Waals surface area (Å²) in [4.78, 5) is 28.3. The van der Waals surface area contributed by atoms with Crippen LogP contribution in [0.2, 0.25) is 5.02 Å². The van der Waals surface area contributed by atoms with E-state index >= 15 is 0 Å². The number of carbonyl (C=O) groups is 2. The molecule has 6 rings (SSSR count). The standard InChI is InChI=1S/C28H29ClN4O4S/c1-28(2,3)26-24-25(16-8-11-20-21(12-16)37-15-36-20)38-14-23(35)32(13-22(34)30-17-9-10-17)27(24)33(31-26)19-7-5-4-6-18(19)29/h4-8,11-12,17,25H,9-10,13-15H2,1-3H3,(H,30,34). The first kappa shape index (κ1) is 25.1. The minimum Gasteiger partial charge on any atom is -0.454 e. The Morgan fingerprint density at radius 2 is 1.92 bits per heavy atom. The molecule has 1 unspecified atom stereocenters. The van der Waals surface area contributed by atoms with Crippen LogP contribution >= 0.6 is 23.4 Å². The van der Waals surface area contributed by atoms with E-state index in [0.717, 1.165) is 29.7 Å². The van der Waals surface area contributed by atoms with Crippen LogP contribution in [0.4, 0.5) is 5.82 Å². The number of hydrogen-bond acceptors (Lipinski definition) is 6. The number of ether oxygens (including phenoxy) is 2. The number of thioether (sulfide) groups is 1. The molecule has 1 fully saturated rings. The summed E-state index contributed by atoms with van der Waals surface area (Å²) in [5, 5.41) is 8.39. The molecule has 0 radical (unpaired) electrons. The Balaban J connectivity index is 1.57. The highest BCUT2D eigenvalue weighted by Gasteiger charge is 2.41. The summed E-state index contributed by atoms with van der Waals surface area (Å²) >= 11 is 8.20. The zero-order valence-electron chi connectivity index (χ0n) is 21.5. The maximum absolute atomic E-state index is 13.7. The molecule has 3 aromatic rings. The van der Waals surface area contributed by atoms with Gasteiger partial charge < -0.3 is 14.8 Å². The molecule has 2 aromatic carbocycles. The summed E-state index contributed by atoms with van der Waals surface area (Å²) in [6.07, 6.45) is 1.94. The normalized spacial score (nSPS) is 18.8. The van der Waals surface area contributed by atoms with Crippen molar-refractivity contribution in [1.29, 1.82) is 0 Å². The van der Waals surface area contributed by atoms with Gasteiger partial charge in [-0.15, -0.1) is 11.8 Å². The Labute approximate surface area is 230 Å². The number of fused-ring (bicyclic) bond motifs is 2. The number of carbonyl (C=O) groups excluding carboxylic acids is 2. The van der Waals surface area contributed by atoms with Crippen molar-refractivity contribution >= 4 is 41.0 Å². The van der Waals surface area contributed by atoms with Gasteiger partial charge >= 0.3 is 0 Å². The van der Waals surface area contributed by atoms with Gasteiger partial charge in [-0.25, -0.2) is 4.68 Å². The number of benzene rings is 2. The molecule has 1 N–H and O–H groups in total. The van der Waals surface area contributed by atoms with Crippen molar-refractivity contribution in [1.82, 2.24) is 15.1 Å². The van der Waals surface area contributed by atoms with Crippen LogP contribution in [-0.4, -0.2) is 46.7 Å². The molecule has 8 nitrogen and oxygen atoms in total. The van der Waals surface area contributed by atoms with Gasteiger partial charge in [-0.2, -0.15) is 5.10 Å². The van der Waals surface area contributed by atoms with E-state index in [9.17, 15) is 9.59 Å². The van der Waals surface area contributed by atoms with Crippen molar-refractivity contribution in [3.05, 3.63) is 64.3 Å². The quantitative estimate of drug-likeness (QED) is 0.479. The number of nitrogens with one attached hydrogen (secondary N) is 1. The number of halogens is 1. The van der Waals surface area contributed by atoms with Crippen LogP contribution in [0, 0.1) is 0 Å². The van der Waals surface area contributed by atoms with E-state index in [0.29, 0.717) is 28.0 Å². The maximum Gasteiger partial charge on any atom is 0.240 e. The Morgan fingerprint density at radius 1 is 1.16 bits per heavy atom. The first-order valence-corrected chi connectivity index (χ1v) is 14.1.